The van der Waals surface area contributed by atoms with Gasteiger partial charge >= 0.3 is 0 Å². The maximum Gasteiger partial charge on any atom is 0.240 e. The van der Waals surface area contributed by atoms with E-state index in [1.165, 1.54) is 12.1 Å². The molecule has 19 heavy (non-hydrogen) atoms. The van der Waals surface area contributed by atoms with Crippen LogP contribution in [0.15, 0.2) is 41.4 Å². The Hall–Kier alpha value is -2.12. The second-order valence-corrected chi connectivity index (χ2v) is 5.43. The van der Waals surface area contributed by atoms with E-state index in [9.17, 15) is 8.42 Å². The van der Waals surface area contributed by atoms with Crippen molar-refractivity contribution in [2.24, 2.45) is 5.14 Å². The maximum absolute atomic E-state index is 11.4. The topological polar surface area (TPSA) is 108 Å². The van der Waals surface area contributed by atoms with E-state index in [-0.39, 0.29) is 16.3 Å². The predicted octanol–water partition coefficient (Wildman–Crippen LogP) is 1.41. The molecule has 4 N–H and O–H groups in total. The summed E-state index contributed by atoms with van der Waals surface area (Å²) in [5.74, 6) is 0.725. The maximum atomic E-state index is 11.4. The van der Waals surface area contributed by atoms with Gasteiger partial charge < -0.3 is 10.5 Å². The first-order chi connectivity index (χ1) is 8.89. The summed E-state index contributed by atoms with van der Waals surface area (Å²) < 4.78 is 28.3. The molecule has 0 aliphatic heterocycles. The highest BCUT2D eigenvalue weighted by Crippen LogP contribution is 2.32. The highest BCUT2D eigenvalue weighted by molar-refractivity contribution is 7.89. The molecular weight excluding hydrogens is 266 g/mol. The van der Waals surface area contributed by atoms with Crippen LogP contribution in [0.3, 0.4) is 0 Å². The molecular formula is C12H13N3O3S. The van der Waals surface area contributed by atoms with Gasteiger partial charge in [0.1, 0.15) is 10.6 Å². The highest BCUT2D eigenvalue weighted by Gasteiger charge is 2.16. The summed E-state index contributed by atoms with van der Waals surface area (Å²) in [6.45, 7) is 1.77. The zero-order chi connectivity index (χ0) is 14.0. The molecule has 7 heteroatoms. The number of pyridine rings is 1. The number of aryl methyl sites for hydroxylation is 1. The Kier molecular flexibility index (Phi) is 3.41. The van der Waals surface area contributed by atoms with E-state index in [0.717, 1.165) is 0 Å². The number of primary sulfonamides is 1. The van der Waals surface area contributed by atoms with Crippen molar-refractivity contribution in [3.63, 3.8) is 0 Å². The van der Waals surface area contributed by atoms with Crippen LogP contribution in [-0.4, -0.2) is 13.4 Å². The van der Waals surface area contributed by atoms with Crippen molar-refractivity contribution in [3.8, 4) is 11.5 Å². The Balaban J connectivity index is 2.46. The number of rotatable bonds is 3. The van der Waals surface area contributed by atoms with Gasteiger partial charge in [0.25, 0.3) is 0 Å². The van der Waals surface area contributed by atoms with Gasteiger partial charge in [0.05, 0.1) is 11.4 Å². The molecule has 0 aliphatic rings. The highest BCUT2D eigenvalue weighted by atomic mass is 32.2. The summed E-state index contributed by atoms with van der Waals surface area (Å²) in [6.07, 6.45) is 1.63. The number of nitrogens with zero attached hydrogens (tertiary/aromatic N) is 1. The van der Waals surface area contributed by atoms with E-state index in [1.807, 2.05) is 0 Å². The van der Waals surface area contributed by atoms with Crippen LogP contribution in [0.1, 0.15) is 5.69 Å². The Labute approximate surface area is 111 Å². The fraction of sp³-hybridized carbons (Fsp3) is 0.0833. The van der Waals surface area contributed by atoms with Crippen molar-refractivity contribution < 1.29 is 13.2 Å². The number of hydrogen-bond donors (Lipinski definition) is 2. The summed E-state index contributed by atoms with van der Waals surface area (Å²) in [5.41, 5.74) is 6.41. The standard InChI is InChI=1S/C12H13N3O3S/c1-8-9(5-3-7-15-8)18-10-4-2-6-11(12(10)13)19(14,16)17/h2-7H,13H2,1H3,(H2,14,16,17). The minimum Gasteiger partial charge on any atom is -0.453 e. The molecule has 0 atom stereocenters. The number of nitrogens with two attached hydrogens (primary N) is 2. The van der Waals surface area contributed by atoms with Crippen LogP contribution in [0.25, 0.3) is 0 Å². The average molecular weight is 279 g/mol. The van der Waals surface area contributed by atoms with Crippen LogP contribution in [0.4, 0.5) is 5.69 Å². The van der Waals surface area contributed by atoms with Crippen LogP contribution >= 0.6 is 0 Å². The van der Waals surface area contributed by atoms with Gasteiger partial charge in [-0.1, -0.05) is 6.07 Å². The first-order valence-corrected chi connectivity index (χ1v) is 6.95. The molecule has 1 aromatic heterocycles. The molecule has 1 heterocycles. The number of hydrogen-bond acceptors (Lipinski definition) is 5. The van der Waals surface area contributed by atoms with Crippen LogP contribution in [0.2, 0.25) is 0 Å². The van der Waals surface area contributed by atoms with Crippen molar-refractivity contribution in [2.45, 2.75) is 11.8 Å². The third-order valence-corrected chi connectivity index (χ3v) is 3.48. The minimum atomic E-state index is -3.88. The van der Waals surface area contributed by atoms with Gasteiger partial charge in [-0.2, -0.15) is 0 Å². The SMILES string of the molecule is Cc1ncccc1Oc1cccc(S(N)(=O)=O)c1N. The smallest absolute Gasteiger partial charge is 0.240 e. The average Bonchev–Trinajstić information content (AvgIpc) is 2.33. The molecule has 0 saturated heterocycles. The van der Waals surface area contributed by atoms with Crippen LogP contribution < -0.4 is 15.6 Å². The molecule has 1 aromatic carbocycles. The lowest BCUT2D eigenvalue weighted by Gasteiger charge is -2.12. The van der Waals surface area contributed by atoms with Crippen molar-refractivity contribution in [3.05, 3.63) is 42.2 Å². The molecule has 100 valence electrons. The van der Waals surface area contributed by atoms with Gasteiger partial charge in [-0.05, 0) is 31.2 Å². The lowest BCUT2D eigenvalue weighted by Crippen LogP contribution is -2.14. The third-order valence-electron chi connectivity index (χ3n) is 2.51. The van der Waals surface area contributed by atoms with E-state index in [0.29, 0.717) is 11.4 Å². The first-order valence-electron chi connectivity index (χ1n) is 5.40. The molecule has 0 bridgehead atoms. The zero-order valence-electron chi connectivity index (χ0n) is 10.2. The summed E-state index contributed by atoms with van der Waals surface area (Å²) in [7, 11) is -3.88. The molecule has 0 fully saturated rings. The van der Waals surface area contributed by atoms with Crippen LogP contribution in [0, 0.1) is 6.92 Å². The van der Waals surface area contributed by atoms with Gasteiger partial charge in [-0.15, -0.1) is 0 Å². The molecule has 0 saturated carbocycles. The quantitative estimate of drug-likeness (QED) is 0.826. The van der Waals surface area contributed by atoms with Gasteiger partial charge in [0.15, 0.2) is 5.75 Å². The predicted molar refractivity (Wildman–Crippen MR) is 71.3 cm³/mol. The van der Waals surface area contributed by atoms with Gasteiger partial charge in [0.2, 0.25) is 10.0 Å². The molecule has 2 aromatic rings. The van der Waals surface area contributed by atoms with Gasteiger partial charge in [-0.25, -0.2) is 13.6 Å². The fourth-order valence-corrected chi connectivity index (χ4v) is 2.23. The van der Waals surface area contributed by atoms with Crippen molar-refractivity contribution in [1.82, 2.24) is 4.98 Å². The number of nitrogen functional groups attached to an aromatic ring is 1. The van der Waals surface area contributed by atoms with Gasteiger partial charge in [-0.3, -0.25) is 4.98 Å². The Morgan fingerprint density at radius 3 is 2.47 bits per heavy atom. The molecule has 0 radical (unpaired) electrons. The van der Waals surface area contributed by atoms with E-state index >= 15 is 0 Å². The van der Waals surface area contributed by atoms with E-state index < -0.39 is 10.0 Å². The largest absolute Gasteiger partial charge is 0.453 e. The molecule has 6 nitrogen and oxygen atoms in total. The monoisotopic (exact) mass is 279 g/mol. The zero-order valence-corrected chi connectivity index (χ0v) is 11.0. The Morgan fingerprint density at radius 1 is 1.16 bits per heavy atom. The normalized spacial score (nSPS) is 11.3. The third kappa shape index (κ3) is 2.83. The number of ether oxygens (including phenoxy) is 1. The van der Waals surface area contributed by atoms with Crippen molar-refractivity contribution in [2.75, 3.05) is 5.73 Å². The summed E-state index contributed by atoms with van der Waals surface area (Å²) in [5, 5.41) is 5.07. The number of para-hydroxylation sites is 1. The van der Waals surface area contributed by atoms with Crippen LogP contribution in [-0.2, 0) is 10.0 Å². The Bertz CT molecular complexity index is 714. The Morgan fingerprint density at radius 2 is 1.84 bits per heavy atom. The molecule has 0 amide bonds. The van der Waals surface area contributed by atoms with E-state index in [4.69, 9.17) is 15.6 Å². The number of anilines is 1. The van der Waals surface area contributed by atoms with Crippen LogP contribution in [0.5, 0.6) is 11.5 Å². The molecule has 0 aliphatic carbocycles. The second kappa shape index (κ2) is 4.87. The molecule has 0 spiro atoms. The lowest BCUT2D eigenvalue weighted by molar-refractivity contribution is 0.476. The summed E-state index contributed by atoms with van der Waals surface area (Å²) in [4.78, 5) is 3.91. The first kappa shape index (κ1) is 13.3. The molecule has 2 rings (SSSR count). The minimum absolute atomic E-state index is 0.0201. The van der Waals surface area contributed by atoms with E-state index in [1.54, 1.807) is 31.3 Å². The number of benzene rings is 1. The molecule has 0 unspecified atom stereocenters. The van der Waals surface area contributed by atoms with Crippen molar-refractivity contribution >= 4 is 15.7 Å². The summed E-state index contributed by atoms with van der Waals surface area (Å²) >= 11 is 0. The van der Waals surface area contributed by atoms with E-state index in [2.05, 4.69) is 4.98 Å². The summed E-state index contributed by atoms with van der Waals surface area (Å²) in [6, 6.07) is 7.83. The fourth-order valence-electron chi connectivity index (χ4n) is 1.56. The lowest BCUT2D eigenvalue weighted by atomic mass is 10.3. The number of sulfonamides is 1. The van der Waals surface area contributed by atoms with Crippen molar-refractivity contribution in [1.29, 1.82) is 0 Å². The van der Waals surface area contributed by atoms with Gasteiger partial charge in [0, 0.05) is 6.20 Å². The number of aromatic nitrogens is 1. The second-order valence-electron chi connectivity index (χ2n) is 3.90.